The van der Waals surface area contributed by atoms with Crippen LogP contribution >= 0.6 is 11.3 Å². The number of rotatable bonds is 3. The molecule has 5 nitrogen and oxygen atoms in total. The highest BCUT2D eigenvalue weighted by atomic mass is 32.1. The van der Waals surface area contributed by atoms with Crippen molar-refractivity contribution in [3.8, 4) is 32.7 Å². The van der Waals surface area contributed by atoms with Crippen molar-refractivity contribution in [1.29, 1.82) is 0 Å². The lowest BCUT2D eigenvalue weighted by Gasteiger charge is -2.00. The average Bonchev–Trinajstić information content (AvgIpc) is 3.25. The second-order valence-electron chi connectivity index (χ2n) is 4.92. The lowest BCUT2D eigenvalue weighted by molar-refractivity contribution is 0.577. The van der Waals surface area contributed by atoms with Crippen LogP contribution in [0, 0.1) is 6.92 Å². The van der Waals surface area contributed by atoms with Crippen LogP contribution in [-0.2, 0) is 0 Å². The van der Waals surface area contributed by atoms with Crippen LogP contribution in [0.5, 0.6) is 0 Å². The van der Waals surface area contributed by atoms with E-state index in [2.05, 4.69) is 19.9 Å². The van der Waals surface area contributed by atoms with E-state index in [0.29, 0.717) is 11.6 Å². The van der Waals surface area contributed by atoms with E-state index < -0.39 is 0 Å². The number of pyridine rings is 1. The normalized spacial score (nSPS) is 10.8. The van der Waals surface area contributed by atoms with Gasteiger partial charge in [-0.25, -0.2) is 15.0 Å². The zero-order chi connectivity index (χ0) is 15.6. The number of hydrogen-bond acceptors (Lipinski definition) is 6. The van der Waals surface area contributed by atoms with E-state index in [4.69, 9.17) is 4.42 Å². The molecule has 0 radical (unpaired) electrons. The molecule has 0 saturated carbocycles. The molecule has 4 aromatic rings. The Kier molecular flexibility index (Phi) is 3.44. The molecular formula is C17H12N4OS. The van der Waals surface area contributed by atoms with Gasteiger partial charge < -0.3 is 4.42 Å². The lowest BCUT2D eigenvalue weighted by atomic mass is 10.3. The fourth-order valence-corrected chi connectivity index (χ4v) is 3.28. The van der Waals surface area contributed by atoms with Crippen LogP contribution in [0.4, 0.5) is 0 Å². The molecule has 0 aliphatic heterocycles. The fourth-order valence-electron chi connectivity index (χ4n) is 2.26. The van der Waals surface area contributed by atoms with Crippen molar-refractivity contribution in [3.63, 3.8) is 0 Å². The summed E-state index contributed by atoms with van der Waals surface area (Å²) in [6.45, 7) is 1.99. The summed E-state index contributed by atoms with van der Waals surface area (Å²) < 4.78 is 5.37. The molecule has 6 heteroatoms. The van der Waals surface area contributed by atoms with Crippen LogP contribution < -0.4 is 0 Å². The van der Waals surface area contributed by atoms with Crippen LogP contribution in [0.3, 0.4) is 0 Å². The average molecular weight is 320 g/mol. The maximum absolute atomic E-state index is 5.37. The smallest absolute Gasteiger partial charge is 0.196 e. The molecule has 0 bridgehead atoms. The van der Waals surface area contributed by atoms with Crippen molar-refractivity contribution in [1.82, 2.24) is 19.9 Å². The largest absolute Gasteiger partial charge is 0.461 e. The van der Waals surface area contributed by atoms with E-state index >= 15 is 0 Å². The first-order valence-corrected chi connectivity index (χ1v) is 7.88. The highest BCUT2D eigenvalue weighted by molar-refractivity contribution is 7.18. The van der Waals surface area contributed by atoms with Crippen LogP contribution in [0.15, 0.2) is 59.6 Å². The minimum atomic E-state index is 0.572. The summed E-state index contributed by atoms with van der Waals surface area (Å²) in [4.78, 5) is 18.7. The van der Waals surface area contributed by atoms with Gasteiger partial charge in [0.05, 0.1) is 22.5 Å². The molecule has 4 heterocycles. The third-order valence-corrected chi connectivity index (χ3v) is 4.56. The van der Waals surface area contributed by atoms with Crippen LogP contribution in [0.1, 0.15) is 5.69 Å². The second-order valence-corrected chi connectivity index (χ2v) is 5.92. The molecule has 0 aromatic carbocycles. The molecule has 0 N–H and O–H groups in total. The van der Waals surface area contributed by atoms with Crippen molar-refractivity contribution in [2.75, 3.05) is 0 Å². The van der Waals surface area contributed by atoms with Gasteiger partial charge in [-0.05, 0) is 37.3 Å². The Morgan fingerprint density at radius 2 is 2.00 bits per heavy atom. The summed E-state index contributed by atoms with van der Waals surface area (Å²) in [6, 6.07) is 9.47. The number of furan rings is 1. The first-order valence-electron chi connectivity index (χ1n) is 7.06. The SMILES string of the molecule is Cc1nc(-c2cccnc2)sc1-c1ccnc(-c2ccco2)n1. The van der Waals surface area contributed by atoms with Crippen molar-refractivity contribution >= 4 is 11.3 Å². The Labute approximate surface area is 136 Å². The second kappa shape index (κ2) is 5.73. The molecule has 0 amide bonds. The Bertz CT molecular complexity index is 932. The highest BCUT2D eigenvalue weighted by Gasteiger charge is 2.14. The molecule has 0 fully saturated rings. The van der Waals surface area contributed by atoms with Crippen molar-refractivity contribution in [3.05, 3.63) is 60.9 Å². The van der Waals surface area contributed by atoms with Gasteiger partial charge in [0.25, 0.3) is 0 Å². The summed E-state index contributed by atoms with van der Waals surface area (Å²) >= 11 is 1.60. The van der Waals surface area contributed by atoms with Gasteiger partial charge in [-0.1, -0.05) is 0 Å². The molecule has 0 aliphatic rings. The van der Waals surface area contributed by atoms with Crippen LogP contribution in [0.25, 0.3) is 32.7 Å². The lowest BCUT2D eigenvalue weighted by Crippen LogP contribution is -1.90. The maximum atomic E-state index is 5.37. The van der Waals surface area contributed by atoms with E-state index in [-0.39, 0.29) is 0 Å². The van der Waals surface area contributed by atoms with Crippen molar-refractivity contribution in [2.24, 2.45) is 0 Å². The molecule has 112 valence electrons. The van der Waals surface area contributed by atoms with Crippen molar-refractivity contribution < 1.29 is 4.42 Å². The molecule has 0 aliphatic carbocycles. The molecule has 23 heavy (non-hydrogen) atoms. The van der Waals surface area contributed by atoms with Crippen molar-refractivity contribution in [2.45, 2.75) is 6.92 Å². The number of aromatic nitrogens is 4. The fraction of sp³-hybridized carbons (Fsp3) is 0.0588. The zero-order valence-corrected chi connectivity index (χ0v) is 13.1. The van der Waals surface area contributed by atoms with E-state index in [1.54, 1.807) is 30.0 Å². The van der Waals surface area contributed by atoms with Gasteiger partial charge in [0.2, 0.25) is 0 Å². The minimum absolute atomic E-state index is 0.572. The third-order valence-electron chi connectivity index (χ3n) is 3.33. The molecule has 0 spiro atoms. The van der Waals surface area contributed by atoms with Gasteiger partial charge in [-0.15, -0.1) is 11.3 Å². The molecule has 0 saturated heterocycles. The van der Waals surface area contributed by atoms with E-state index in [1.807, 2.05) is 43.5 Å². The number of aryl methyl sites for hydroxylation is 1. The van der Waals surface area contributed by atoms with Gasteiger partial charge in [0.15, 0.2) is 11.6 Å². The van der Waals surface area contributed by atoms with Crippen LogP contribution in [0.2, 0.25) is 0 Å². The summed E-state index contributed by atoms with van der Waals surface area (Å²) in [5.41, 5.74) is 2.79. The quantitative estimate of drug-likeness (QED) is 0.565. The predicted molar refractivity (Wildman–Crippen MR) is 88.8 cm³/mol. The monoisotopic (exact) mass is 320 g/mol. The Morgan fingerprint density at radius 1 is 1.04 bits per heavy atom. The minimum Gasteiger partial charge on any atom is -0.461 e. The first kappa shape index (κ1) is 13.8. The van der Waals surface area contributed by atoms with Crippen LogP contribution in [-0.4, -0.2) is 19.9 Å². The topological polar surface area (TPSA) is 64.7 Å². The van der Waals surface area contributed by atoms with Gasteiger partial charge in [-0.2, -0.15) is 0 Å². The predicted octanol–water partition coefficient (Wildman–Crippen LogP) is 4.23. The summed E-state index contributed by atoms with van der Waals surface area (Å²) in [7, 11) is 0. The van der Waals surface area contributed by atoms with Gasteiger partial charge in [0.1, 0.15) is 5.01 Å². The molecular weight excluding hydrogens is 308 g/mol. The van der Waals surface area contributed by atoms with Gasteiger partial charge in [0, 0.05) is 24.2 Å². The number of nitrogens with zero attached hydrogens (tertiary/aromatic N) is 4. The first-order chi connectivity index (χ1) is 11.3. The highest BCUT2D eigenvalue weighted by Crippen LogP contribution is 2.34. The number of thiazole rings is 1. The standard InChI is InChI=1S/C17H12N4OS/c1-11-15(23-17(20-11)12-4-2-7-18-10-12)13-6-8-19-16(21-13)14-5-3-9-22-14/h2-10H,1H3. The summed E-state index contributed by atoms with van der Waals surface area (Å²) in [5, 5.41) is 0.934. The van der Waals surface area contributed by atoms with E-state index in [0.717, 1.165) is 26.8 Å². The molecule has 4 rings (SSSR count). The zero-order valence-electron chi connectivity index (χ0n) is 12.3. The maximum Gasteiger partial charge on any atom is 0.196 e. The summed E-state index contributed by atoms with van der Waals surface area (Å²) in [6.07, 6.45) is 6.92. The van der Waals surface area contributed by atoms with E-state index in [1.165, 1.54) is 0 Å². The van der Waals surface area contributed by atoms with E-state index in [9.17, 15) is 0 Å². The third kappa shape index (κ3) is 2.64. The Hall–Kier alpha value is -2.86. The summed E-state index contributed by atoms with van der Waals surface area (Å²) in [5.74, 6) is 1.23. The molecule has 0 unspecified atom stereocenters. The number of hydrogen-bond donors (Lipinski definition) is 0. The molecule has 4 aromatic heterocycles. The van der Waals surface area contributed by atoms with Gasteiger partial charge >= 0.3 is 0 Å². The van der Waals surface area contributed by atoms with Gasteiger partial charge in [-0.3, -0.25) is 4.98 Å². The Balaban J connectivity index is 1.77. The Morgan fingerprint density at radius 3 is 2.78 bits per heavy atom. The molecule has 0 atom stereocenters.